The molecule has 0 N–H and O–H groups in total. The minimum atomic E-state index is -0.0350. The van der Waals surface area contributed by atoms with Gasteiger partial charge in [-0.25, -0.2) is 4.98 Å². The largest absolute Gasteiger partial charge is 0.497 e. The van der Waals surface area contributed by atoms with Crippen LogP contribution in [0.15, 0.2) is 91.1 Å². The number of carbonyl (C=O) groups excluding carboxylic acids is 1. The monoisotopic (exact) mass is 438 g/mol. The van der Waals surface area contributed by atoms with Crippen LogP contribution < -0.4 is 9.64 Å². The van der Waals surface area contributed by atoms with E-state index in [0.717, 1.165) is 41.6 Å². The zero-order valence-electron chi connectivity index (χ0n) is 18.6. The van der Waals surface area contributed by atoms with Crippen molar-refractivity contribution in [2.75, 3.05) is 38.2 Å². The van der Waals surface area contributed by atoms with Crippen molar-refractivity contribution in [1.82, 2.24) is 14.5 Å². The van der Waals surface area contributed by atoms with Crippen molar-refractivity contribution < 1.29 is 9.53 Å². The minimum Gasteiger partial charge on any atom is -0.497 e. The molecular weight excluding hydrogens is 412 g/mol. The van der Waals surface area contributed by atoms with E-state index >= 15 is 0 Å². The zero-order valence-corrected chi connectivity index (χ0v) is 18.6. The van der Waals surface area contributed by atoms with Gasteiger partial charge in [0.2, 0.25) is 0 Å². The van der Waals surface area contributed by atoms with E-state index in [9.17, 15) is 4.79 Å². The van der Waals surface area contributed by atoms with E-state index in [-0.39, 0.29) is 5.91 Å². The number of methoxy groups -OCH3 is 1. The number of rotatable bonds is 5. The van der Waals surface area contributed by atoms with Crippen molar-refractivity contribution in [3.05, 3.63) is 96.8 Å². The summed E-state index contributed by atoms with van der Waals surface area (Å²) in [6.07, 6.45) is 1.86. The highest BCUT2D eigenvalue weighted by Crippen LogP contribution is 2.25. The van der Waals surface area contributed by atoms with Gasteiger partial charge in [-0.15, -0.1) is 0 Å². The Balaban J connectivity index is 1.37. The Hall–Kier alpha value is -4.06. The highest BCUT2D eigenvalue weighted by atomic mass is 16.5. The molecule has 1 saturated heterocycles. The maximum Gasteiger partial charge on any atom is 0.274 e. The lowest BCUT2D eigenvalue weighted by molar-refractivity contribution is 0.0741. The third-order valence-corrected chi connectivity index (χ3v) is 5.98. The molecule has 4 aromatic rings. The maximum atomic E-state index is 13.4. The molecule has 1 aromatic heterocycles. The molecular formula is C27H26N4O2. The Morgan fingerprint density at radius 3 is 2.18 bits per heavy atom. The van der Waals surface area contributed by atoms with Crippen LogP contribution in [0.25, 0.3) is 17.1 Å². The average Bonchev–Trinajstić information content (AvgIpc) is 3.35. The quantitative estimate of drug-likeness (QED) is 0.460. The molecule has 0 radical (unpaired) electrons. The molecule has 0 unspecified atom stereocenters. The van der Waals surface area contributed by atoms with E-state index in [1.165, 1.54) is 0 Å². The number of nitrogens with zero attached hydrogens (tertiary/aromatic N) is 4. The molecule has 6 nitrogen and oxygen atoms in total. The van der Waals surface area contributed by atoms with Gasteiger partial charge >= 0.3 is 0 Å². The van der Waals surface area contributed by atoms with Gasteiger partial charge in [0.15, 0.2) is 0 Å². The minimum absolute atomic E-state index is 0.0350. The molecule has 3 aromatic carbocycles. The fourth-order valence-corrected chi connectivity index (χ4v) is 4.20. The first kappa shape index (κ1) is 20.8. The van der Waals surface area contributed by atoms with Crippen molar-refractivity contribution in [2.45, 2.75) is 0 Å². The van der Waals surface area contributed by atoms with Crippen LogP contribution in [0.3, 0.4) is 0 Å². The van der Waals surface area contributed by atoms with Crippen LogP contribution in [-0.2, 0) is 0 Å². The van der Waals surface area contributed by atoms with E-state index < -0.39 is 0 Å². The lowest BCUT2D eigenvalue weighted by Crippen LogP contribution is -2.48. The molecule has 1 aliphatic rings. The summed E-state index contributed by atoms with van der Waals surface area (Å²) in [6.45, 7) is 2.83. The summed E-state index contributed by atoms with van der Waals surface area (Å²) in [5.74, 6) is 1.57. The highest BCUT2D eigenvalue weighted by molar-refractivity contribution is 5.93. The topological polar surface area (TPSA) is 50.6 Å². The second-order valence-corrected chi connectivity index (χ2v) is 8.00. The fraction of sp³-hybridized carbons (Fsp3) is 0.185. The van der Waals surface area contributed by atoms with Gasteiger partial charge in [-0.2, -0.15) is 0 Å². The van der Waals surface area contributed by atoms with Crippen LogP contribution in [0.5, 0.6) is 5.75 Å². The van der Waals surface area contributed by atoms with E-state index in [1.54, 1.807) is 7.11 Å². The lowest BCUT2D eigenvalue weighted by atomic mass is 10.2. The second kappa shape index (κ2) is 9.20. The number of benzene rings is 3. The van der Waals surface area contributed by atoms with Crippen molar-refractivity contribution >= 4 is 11.6 Å². The summed E-state index contributed by atoms with van der Waals surface area (Å²) in [7, 11) is 1.67. The molecule has 0 saturated carbocycles. The highest BCUT2D eigenvalue weighted by Gasteiger charge is 2.25. The third-order valence-electron chi connectivity index (χ3n) is 5.98. The summed E-state index contributed by atoms with van der Waals surface area (Å²) in [5, 5.41) is 0. The van der Waals surface area contributed by atoms with E-state index in [1.807, 2.05) is 94.5 Å². The number of imidazole rings is 1. The lowest BCUT2D eigenvalue weighted by Gasteiger charge is -2.35. The van der Waals surface area contributed by atoms with Crippen LogP contribution >= 0.6 is 0 Å². The molecule has 2 heterocycles. The molecule has 166 valence electrons. The first-order chi connectivity index (χ1) is 16.2. The normalized spacial score (nSPS) is 13.7. The molecule has 1 fully saturated rings. The third kappa shape index (κ3) is 4.32. The summed E-state index contributed by atoms with van der Waals surface area (Å²) in [6, 6.07) is 28.0. The molecule has 6 heteroatoms. The van der Waals surface area contributed by atoms with Gasteiger partial charge in [-0.1, -0.05) is 54.6 Å². The first-order valence-corrected chi connectivity index (χ1v) is 11.1. The molecule has 5 rings (SSSR count). The van der Waals surface area contributed by atoms with Crippen molar-refractivity contribution in [3.8, 4) is 22.8 Å². The Bertz CT molecular complexity index is 1170. The van der Waals surface area contributed by atoms with E-state index in [2.05, 4.69) is 11.0 Å². The van der Waals surface area contributed by atoms with Gasteiger partial charge in [0.05, 0.1) is 7.11 Å². The maximum absolute atomic E-state index is 13.4. The number of amides is 1. The standard InChI is InChI=1S/C27H26N4O2/c1-33-24-14-8-13-23(19-24)29-15-17-30(18-16-29)27(32)25-20-31(22-11-6-3-7-12-22)26(28-25)21-9-4-2-5-10-21/h2-14,19-20H,15-18H2,1H3. The van der Waals surface area contributed by atoms with Crippen LogP contribution in [0.4, 0.5) is 5.69 Å². The summed E-state index contributed by atoms with van der Waals surface area (Å²) in [4.78, 5) is 22.3. The van der Waals surface area contributed by atoms with Gasteiger partial charge in [-0.3, -0.25) is 9.36 Å². The van der Waals surface area contributed by atoms with Gasteiger partial charge in [-0.05, 0) is 24.3 Å². The average molecular weight is 439 g/mol. The molecule has 0 aliphatic carbocycles. The molecule has 0 spiro atoms. The predicted molar refractivity (Wildman–Crippen MR) is 130 cm³/mol. The summed E-state index contributed by atoms with van der Waals surface area (Å²) in [5.41, 5.74) is 3.53. The number of hydrogen-bond donors (Lipinski definition) is 0. The predicted octanol–water partition coefficient (Wildman–Crippen LogP) is 4.51. The number of para-hydroxylation sites is 1. The molecule has 1 aliphatic heterocycles. The number of anilines is 1. The van der Waals surface area contributed by atoms with Crippen molar-refractivity contribution in [2.24, 2.45) is 0 Å². The number of hydrogen-bond acceptors (Lipinski definition) is 4. The SMILES string of the molecule is COc1cccc(N2CCN(C(=O)c3cn(-c4ccccc4)c(-c4ccccc4)n3)CC2)c1. The van der Waals surface area contributed by atoms with E-state index in [4.69, 9.17) is 9.72 Å². The van der Waals surface area contributed by atoms with Gasteiger partial charge in [0, 0.05) is 55.4 Å². The Morgan fingerprint density at radius 2 is 1.48 bits per heavy atom. The smallest absolute Gasteiger partial charge is 0.274 e. The first-order valence-electron chi connectivity index (χ1n) is 11.1. The van der Waals surface area contributed by atoms with Gasteiger partial charge < -0.3 is 14.5 Å². The molecule has 0 atom stereocenters. The van der Waals surface area contributed by atoms with Gasteiger partial charge in [0.1, 0.15) is 17.3 Å². The molecule has 1 amide bonds. The number of ether oxygens (including phenoxy) is 1. The molecule has 0 bridgehead atoms. The van der Waals surface area contributed by atoms with Crippen LogP contribution in [0, 0.1) is 0 Å². The van der Waals surface area contributed by atoms with Crippen LogP contribution in [0.1, 0.15) is 10.5 Å². The number of aromatic nitrogens is 2. The van der Waals surface area contributed by atoms with Crippen molar-refractivity contribution in [1.29, 1.82) is 0 Å². The summed E-state index contributed by atoms with van der Waals surface area (Å²) < 4.78 is 7.34. The van der Waals surface area contributed by atoms with Gasteiger partial charge in [0.25, 0.3) is 5.91 Å². The Morgan fingerprint density at radius 1 is 0.818 bits per heavy atom. The van der Waals surface area contributed by atoms with Crippen LogP contribution in [-0.4, -0.2) is 53.6 Å². The zero-order chi connectivity index (χ0) is 22.6. The van der Waals surface area contributed by atoms with Crippen molar-refractivity contribution in [3.63, 3.8) is 0 Å². The second-order valence-electron chi connectivity index (χ2n) is 8.00. The fourth-order valence-electron chi connectivity index (χ4n) is 4.20. The Labute approximate surface area is 193 Å². The van der Waals surface area contributed by atoms with E-state index in [0.29, 0.717) is 18.8 Å². The number of carbonyl (C=O) groups is 1. The summed E-state index contributed by atoms with van der Waals surface area (Å²) >= 11 is 0. The van der Waals surface area contributed by atoms with Crippen LogP contribution in [0.2, 0.25) is 0 Å². The number of piperazine rings is 1. The Kier molecular flexibility index (Phi) is 5.81. The molecule has 33 heavy (non-hydrogen) atoms.